The lowest BCUT2D eigenvalue weighted by atomic mass is 10.1. The first-order valence-corrected chi connectivity index (χ1v) is 7.90. The predicted octanol–water partition coefficient (Wildman–Crippen LogP) is 4.31. The lowest BCUT2D eigenvalue weighted by Gasteiger charge is -2.07. The number of nitrogens with zero attached hydrogens (tertiary/aromatic N) is 3. The molecule has 0 atom stereocenters. The molecule has 23 heavy (non-hydrogen) atoms. The van der Waals surface area contributed by atoms with Crippen molar-refractivity contribution in [3.05, 3.63) is 59.8 Å². The van der Waals surface area contributed by atoms with Crippen LogP contribution in [0.3, 0.4) is 0 Å². The van der Waals surface area contributed by atoms with Crippen molar-refractivity contribution >= 4 is 17.4 Å². The van der Waals surface area contributed by atoms with Gasteiger partial charge in [0.15, 0.2) is 5.57 Å². The first-order valence-electron chi connectivity index (χ1n) is 6.68. The molecule has 0 fully saturated rings. The summed E-state index contributed by atoms with van der Waals surface area (Å²) in [4.78, 5) is 1.20. The van der Waals surface area contributed by atoms with E-state index >= 15 is 0 Å². The second-order valence-corrected chi connectivity index (χ2v) is 5.40. The molecule has 0 aromatic heterocycles. The van der Waals surface area contributed by atoms with Gasteiger partial charge in [0.1, 0.15) is 23.9 Å². The third-order valence-electron chi connectivity index (χ3n) is 3.16. The maximum atomic E-state index is 9.03. The summed E-state index contributed by atoms with van der Waals surface area (Å²) in [5.41, 5.74) is 2.51. The Morgan fingerprint density at radius 1 is 0.826 bits per heavy atom. The molecule has 0 saturated heterocycles. The Morgan fingerprint density at radius 2 is 1.35 bits per heavy atom. The van der Waals surface area contributed by atoms with Gasteiger partial charge < -0.3 is 5.32 Å². The summed E-state index contributed by atoms with van der Waals surface area (Å²) in [6.45, 7) is 0. The number of thioether (sulfide) groups is 1. The Balaban J connectivity index is 2.23. The van der Waals surface area contributed by atoms with E-state index in [2.05, 4.69) is 29.6 Å². The molecular weight excluding hydrogens is 304 g/mol. The van der Waals surface area contributed by atoms with Crippen molar-refractivity contribution in [2.45, 2.75) is 4.90 Å². The third kappa shape index (κ3) is 3.92. The lowest BCUT2D eigenvalue weighted by Crippen LogP contribution is -2.00. The standard InChI is InChI=1S/C18H12N4S/c1-23-17-8-4-14(5-9-17)13-2-6-16(7-3-13)22-18(12-21)15(10-19)11-20/h2-9,22H,1H3. The van der Waals surface area contributed by atoms with Crippen LogP contribution in [0.4, 0.5) is 5.69 Å². The van der Waals surface area contributed by atoms with Crippen LogP contribution < -0.4 is 5.32 Å². The molecule has 2 rings (SSSR count). The minimum absolute atomic E-state index is 0.0490. The number of anilines is 1. The van der Waals surface area contributed by atoms with Crippen LogP contribution in [0.15, 0.2) is 64.7 Å². The molecule has 0 heterocycles. The van der Waals surface area contributed by atoms with E-state index in [1.54, 1.807) is 23.9 Å². The Labute approximate surface area is 139 Å². The Kier molecular flexibility index (Phi) is 5.42. The fraction of sp³-hybridized carbons (Fsp3) is 0.0556. The van der Waals surface area contributed by atoms with Gasteiger partial charge in [-0.15, -0.1) is 11.8 Å². The Morgan fingerprint density at radius 3 is 1.78 bits per heavy atom. The van der Waals surface area contributed by atoms with E-state index in [1.165, 1.54) is 4.90 Å². The average molecular weight is 316 g/mol. The fourth-order valence-corrected chi connectivity index (χ4v) is 2.37. The molecule has 1 N–H and O–H groups in total. The first kappa shape index (κ1) is 16.2. The molecule has 110 valence electrons. The highest BCUT2D eigenvalue weighted by Gasteiger charge is 2.06. The molecule has 5 heteroatoms. The van der Waals surface area contributed by atoms with Gasteiger partial charge >= 0.3 is 0 Å². The van der Waals surface area contributed by atoms with Gasteiger partial charge in [-0.3, -0.25) is 0 Å². The Hall–Kier alpha value is -3.20. The molecule has 0 amide bonds. The fourth-order valence-electron chi connectivity index (χ4n) is 1.96. The van der Waals surface area contributed by atoms with Gasteiger partial charge in [-0.25, -0.2) is 0 Å². The molecule has 2 aromatic carbocycles. The number of nitriles is 3. The summed E-state index contributed by atoms with van der Waals surface area (Å²) in [6, 6.07) is 20.9. The van der Waals surface area contributed by atoms with E-state index in [1.807, 2.05) is 36.6 Å². The highest BCUT2D eigenvalue weighted by Crippen LogP contribution is 2.24. The van der Waals surface area contributed by atoms with Gasteiger partial charge in [-0.2, -0.15) is 15.8 Å². The quantitative estimate of drug-likeness (QED) is 0.671. The van der Waals surface area contributed by atoms with Crippen LogP contribution in [0.5, 0.6) is 0 Å². The van der Waals surface area contributed by atoms with E-state index in [9.17, 15) is 0 Å². The van der Waals surface area contributed by atoms with Crippen molar-refractivity contribution in [3.63, 3.8) is 0 Å². The maximum absolute atomic E-state index is 9.03. The van der Waals surface area contributed by atoms with Crippen LogP contribution in [0.1, 0.15) is 0 Å². The number of benzene rings is 2. The van der Waals surface area contributed by atoms with Gasteiger partial charge in [0.2, 0.25) is 0 Å². The normalized spacial score (nSPS) is 9.13. The molecular formula is C18H12N4S. The van der Waals surface area contributed by atoms with Gasteiger partial charge in [-0.05, 0) is 41.6 Å². The zero-order chi connectivity index (χ0) is 16.7. The molecule has 4 nitrogen and oxygen atoms in total. The first-order chi connectivity index (χ1) is 11.2. The van der Waals surface area contributed by atoms with Gasteiger partial charge in [-0.1, -0.05) is 24.3 Å². The van der Waals surface area contributed by atoms with Crippen LogP contribution in [0.25, 0.3) is 11.1 Å². The van der Waals surface area contributed by atoms with E-state index < -0.39 is 0 Å². The molecule has 0 unspecified atom stereocenters. The van der Waals surface area contributed by atoms with Gasteiger partial charge in [0, 0.05) is 10.6 Å². The molecule has 0 aliphatic carbocycles. The van der Waals surface area contributed by atoms with Crippen LogP contribution in [0, 0.1) is 34.0 Å². The number of rotatable bonds is 4. The SMILES string of the molecule is CSc1ccc(-c2ccc(NC(C#N)=C(C#N)C#N)cc2)cc1. The molecule has 2 aromatic rings. The van der Waals surface area contributed by atoms with E-state index in [0.29, 0.717) is 5.69 Å². The van der Waals surface area contributed by atoms with Crippen molar-refractivity contribution in [1.82, 2.24) is 0 Å². The van der Waals surface area contributed by atoms with Crippen LogP contribution in [-0.2, 0) is 0 Å². The topological polar surface area (TPSA) is 83.4 Å². The summed E-state index contributed by atoms with van der Waals surface area (Å²) in [6.07, 6.45) is 2.03. The highest BCUT2D eigenvalue weighted by molar-refractivity contribution is 7.98. The van der Waals surface area contributed by atoms with Gasteiger partial charge in [0.05, 0.1) is 0 Å². The lowest BCUT2D eigenvalue weighted by molar-refractivity contribution is 1.37. The smallest absolute Gasteiger partial charge is 0.163 e. The van der Waals surface area contributed by atoms with Crippen LogP contribution in [-0.4, -0.2) is 6.26 Å². The zero-order valence-electron chi connectivity index (χ0n) is 12.4. The largest absolute Gasteiger partial charge is 0.345 e. The maximum Gasteiger partial charge on any atom is 0.163 e. The van der Waals surface area contributed by atoms with Crippen molar-refractivity contribution in [1.29, 1.82) is 15.8 Å². The molecule has 0 aliphatic heterocycles. The second kappa shape index (κ2) is 7.71. The average Bonchev–Trinajstić information content (AvgIpc) is 2.62. The summed E-state index contributed by atoms with van der Waals surface area (Å²) in [5, 5.41) is 29.5. The minimum Gasteiger partial charge on any atom is -0.345 e. The molecule has 0 bridgehead atoms. The summed E-state index contributed by atoms with van der Waals surface area (Å²) in [5.74, 6) is 0. The van der Waals surface area contributed by atoms with Crippen molar-refractivity contribution in [3.8, 4) is 29.3 Å². The van der Waals surface area contributed by atoms with Gasteiger partial charge in [0.25, 0.3) is 0 Å². The van der Waals surface area contributed by atoms with Crippen molar-refractivity contribution < 1.29 is 0 Å². The molecule has 0 spiro atoms. The van der Waals surface area contributed by atoms with E-state index in [0.717, 1.165) is 11.1 Å². The molecule has 0 saturated carbocycles. The van der Waals surface area contributed by atoms with Crippen LogP contribution >= 0.6 is 11.8 Å². The number of hydrogen-bond donors (Lipinski definition) is 1. The Bertz CT molecular complexity index is 828. The van der Waals surface area contributed by atoms with Crippen molar-refractivity contribution in [2.24, 2.45) is 0 Å². The number of nitrogens with one attached hydrogen (secondary N) is 1. The zero-order valence-corrected chi connectivity index (χ0v) is 13.2. The molecule has 0 radical (unpaired) electrons. The summed E-state index contributed by atoms with van der Waals surface area (Å²) < 4.78 is 0. The minimum atomic E-state index is -0.232. The monoisotopic (exact) mass is 316 g/mol. The number of allylic oxidation sites excluding steroid dienone is 2. The van der Waals surface area contributed by atoms with E-state index in [-0.39, 0.29) is 11.3 Å². The van der Waals surface area contributed by atoms with Crippen LogP contribution in [0.2, 0.25) is 0 Å². The summed E-state index contributed by atoms with van der Waals surface area (Å²) >= 11 is 1.69. The molecule has 0 aliphatic rings. The number of hydrogen-bond acceptors (Lipinski definition) is 5. The van der Waals surface area contributed by atoms with Crippen molar-refractivity contribution in [2.75, 3.05) is 11.6 Å². The summed E-state index contributed by atoms with van der Waals surface area (Å²) in [7, 11) is 0. The van der Waals surface area contributed by atoms with E-state index in [4.69, 9.17) is 15.8 Å². The third-order valence-corrected chi connectivity index (χ3v) is 3.91. The predicted molar refractivity (Wildman–Crippen MR) is 91.1 cm³/mol. The highest BCUT2D eigenvalue weighted by atomic mass is 32.2. The second-order valence-electron chi connectivity index (χ2n) is 4.52.